The van der Waals surface area contributed by atoms with Gasteiger partial charge < -0.3 is 10.4 Å². The third-order valence-corrected chi connectivity index (χ3v) is 4.09. The summed E-state index contributed by atoms with van der Waals surface area (Å²) in [4.78, 5) is 12.5. The van der Waals surface area contributed by atoms with Crippen LogP contribution in [0.5, 0.6) is 0 Å². The predicted octanol–water partition coefficient (Wildman–Crippen LogP) is 2.29. The molecular formula is C12H19NO2S2. The number of thiophene rings is 1. The Morgan fingerprint density at radius 2 is 2.35 bits per heavy atom. The zero-order chi connectivity index (χ0) is 12.9. The van der Waals surface area contributed by atoms with Crippen molar-refractivity contribution < 1.29 is 9.90 Å². The van der Waals surface area contributed by atoms with Gasteiger partial charge in [0.2, 0.25) is 0 Å². The molecule has 1 amide bonds. The minimum absolute atomic E-state index is 0.104. The fraction of sp³-hybridized carbons (Fsp3) is 0.583. The molecule has 1 heterocycles. The highest BCUT2D eigenvalue weighted by molar-refractivity contribution is 7.98. The molecule has 1 rings (SSSR count). The SMILES string of the molecule is CSCCC(C)(O)CNC(=O)c1cc(C)cs1. The van der Waals surface area contributed by atoms with E-state index in [2.05, 4.69) is 5.32 Å². The van der Waals surface area contributed by atoms with E-state index in [0.717, 1.165) is 11.3 Å². The Labute approximate surface area is 111 Å². The summed E-state index contributed by atoms with van der Waals surface area (Å²) in [7, 11) is 0. The van der Waals surface area contributed by atoms with Gasteiger partial charge in [-0.05, 0) is 49.3 Å². The lowest BCUT2D eigenvalue weighted by molar-refractivity contribution is 0.0529. The fourth-order valence-corrected chi connectivity index (χ4v) is 2.78. The molecule has 0 aliphatic rings. The first kappa shape index (κ1) is 14.5. The topological polar surface area (TPSA) is 49.3 Å². The smallest absolute Gasteiger partial charge is 0.261 e. The minimum atomic E-state index is -0.828. The Morgan fingerprint density at radius 1 is 1.65 bits per heavy atom. The van der Waals surface area contributed by atoms with Crippen molar-refractivity contribution in [3.05, 3.63) is 21.9 Å². The summed E-state index contributed by atoms with van der Waals surface area (Å²) in [6.07, 6.45) is 2.68. The van der Waals surface area contributed by atoms with Crippen LogP contribution < -0.4 is 5.32 Å². The highest BCUT2D eigenvalue weighted by Crippen LogP contribution is 2.15. The van der Waals surface area contributed by atoms with E-state index in [1.165, 1.54) is 11.3 Å². The molecule has 0 spiro atoms. The second kappa shape index (κ2) is 6.42. The van der Waals surface area contributed by atoms with Gasteiger partial charge in [-0.3, -0.25) is 4.79 Å². The van der Waals surface area contributed by atoms with Crippen LogP contribution in [0.25, 0.3) is 0 Å². The van der Waals surface area contributed by atoms with Crippen molar-refractivity contribution in [2.75, 3.05) is 18.6 Å². The Balaban J connectivity index is 2.42. The van der Waals surface area contributed by atoms with Gasteiger partial charge in [0.15, 0.2) is 0 Å². The van der Waals surface area contributed by atoms with Gasteiger partial charge in [-0.1, -0.05) is 0 Å². The Morgan fingerprint density at radius 3 is 2.88 bits per heavy atom. The van der Waals surface area contributed by atoms with E-state index in [-0.39, 0.29) is 5.91 Å². The Bertz CT molecular complexity index is 374. The van der Waals surface area contributed by atoms with Gasteiger partial charge in [-0.2, -0.15) is 11.8 Å². The lowest BCUT2D eigenvalue weighted by atomic mass is 10.0. The molecule has 0 aromatic carbocycles. The maximum atomic E-state index is 11.8. The van der Waals surface area contributed by atoms with Crippen LogP contribution in [0.4, 0.5) is 0 Å². The minimum Gasteiger partial charge on any atom is -0.388 e. The molecule has 0 radical (unpaired) electrons. The van der Waals surface area contributed by atoms with Crippen molar-refractivity contribution in [3.63, 3.8) is 0 Å². The number of aryl methyl sites for hydroxylation is 1. The molecule has 0 saturated heterocycles. The van der Waals surface area contributed by atoms with Crippen LogP contribution >= 0.6 is 23.1 Å². The van der Waals surface area contributed by atoms with Crippen LogP contribution in [0.15, 0.2) is 11.4 Å². The first-order chi connectivity index (χ1) is 7.94. The average molecular weight is 273 g/mol. The maximum absolute atomic E-state index is 11.8. The molecule has 2 N–H and O–H groups in total. The number of amides is 1. The number of carbonyl (C=O) groups is 1. The summed E-state index contributed by atoms with van der Waals surface area (Å²) in [6, 6.07) is 1.86. The summed E-state index contributed by atoms with van der Waals surface area (Å²) in [6.45, 7) is 4.01. The number of carbonyl (C=O) groups excluding carboxylic acids is 1. The molecular weight excluding hydrogens is 254 g/mol. The van der Waals surface area contributed by atoms with Crippen LogP contribution in [0.2, 0.25) is 0 Å². The number of hydrogen-bond acceptors (Lipinski definition) is 4. The molecule has 1 unspecified atom stereocenters. The number of thioether (sulfide) groups is 1. The molecule has 5 heteroatoms. The van der Waals surface area contributed by atoms with E-state index in [1.807, 2.05) is 24.6 Å². The van der Waals surface area contributed by atoms with Crippen LogP contribution in [0.3, 0.4) is 0 Å². The summed E-state index contributed by atoms with van der Waals surface area (Å²) in [5.41, 5.74) is 0.264. The fourth-order valence-electron chi connectivity index (χ4n) is 1.32. The normalized spacial score (nSPS) is 14.4. The van der Waals surface area contributed by atoms with Crippen LogP contribution in [0, 0.1) is 6.92 Å². The second-order valence-corrected chi connectivity index (χ2v) is 6.31. The van der Waals surface area contributed by atoms with Crippen molar-refractivity contribution in [1.29, 1.82) is 0 Å². The van der Waals surface area contributed by atoms with Crippen molar-refractivity contribution in [3.8, 4) is 0 Å². The predicted molar refractivity (Wildman–Crippen MR) is 75.0 cm³/mol. The molecule has 0 bridgehead atoms. The summed E-state index contributed by atoms with van der Waals surface area (Å²) in [5.74, 6) is 0.786. The van der Waals surface area contributed by atoms with Crippen molar-refractivity contribution in [2.24, 2.45) is 0 Å². The van der Waals surface area contributed by atoms with E-state index in [0.29, 0.717) is 17.8 Å². The molecule has 1 aromatic rings. The number of hydrogen-bond donors (Lipinski definition) is 2. The van der Waals surface area contributed by atoms with Crippen molar-refractivity contribution >= 4 is 29.0 Å². The zero-order valence-corrected chi connectivity index (χ0v) is 12.1. The number of nitrogens with one attached hydrogen (secondary N) is 1. The Hall–Kier alpha value is -0.520. The third kappa shape index (κ3) is 5.10. The van der Waals surface area contributed by atoms with Crippen LogP contribution in [-0.4, -0.2) is 35.2 Å². The summed E-state index contributed by atoms with van der Waals surface area (Å²) >= 11 is 3.12. The largest absolute Gasteiger partial charge is 0.388 e. The van der Waals surface area contributed by atoms with E-state index in [1.54, 1.807) is 18.7 Å². The molecule has 0 fully saturated rings. The molecule has 0 saturated carbocycles. The molecule has 0 aliphatic carbocycles. The molecule has 3 nitrogen and oxygen atoms in total. The highest BCUT2D eigenvalue weighted by atomic mass is 32.2. The quantitative estimate of drug-likeness (QED) is 0.836. The zero-order valence-electron chi connectivity index (χ0n) is 10.4. The van der Waals surface area contributed by atoms with E-state index in [9.17, 15) is 9.90 Å². The van der Waals surface area contributed by atoms with Gasteiger partial charge in [0.25, 0.3) is 5.91 Å². The third-order valence-electron chi connectivity index (χ3n) is 2.43. The van der Waals surface area contributed by atoms with Crippen molar-refractivity contribution in [1.82, 2.24) is 5.32 Å². The average Bonchev–Trinajstić information content (AvgIpc) is 2.70. The lowest BCUT2D eigenvalue weighted by Crippen LogP contribution is -2.40. The number of aliphatic hydroxyl groups is 1. The molecule has 1 aromatic heterocycles. The van der Waals surface area contributed by atoms with Crippen molar-refractivity contribution in [2.45, 2.75) is 25.9 Å². The molecule has 0 aliphatic heterocycles. The van der Waals surface area contributed by atoms with E-state index >= 15 is 0 Å². The van der Waals surface area contributed by atoms with Crippen LogP contribution in [-0.2, 0) is 0 Å². The standard InChI is InChI=1S/C12H19NO2S2/c1-9-6-10(17-7-9)11(14)13-8-12(2,15)4-5-16-3/h6-7,15H,4-5,8H2,1-3H3,(H,13,14). The second-order valence-electron chi connectivity index (χ2n) is 4.41. The first-order valence-corrected chi connectivity index (χ1v) is 7.76. The van der Waals surface area contributed by atoms with Gasteiger partial charge in [0, 0.05) is 6.54 Å². The Kier molecular flexibility index (Phi) is 5.49. The van der Waals surface area contributed by atoms with Gasteiger partial charge in [-0.15, -0.1) is 11.3 Å². The molecule has 1 atom stereocenters. The van der Waals surface area contributed by atoms with Crippen LogP contribution in [0.1, 0.15) is 28.6 Å². The van der Waals surface area contributed by atoms with Gasteiger partial charge in [-0.25, -0.2) is 0 Å². The monoisotopic (exact) mass is 273 g/mol. The van der Waals surface area contributed by atoms with Gasteiger partial charge in [0.1, 0.15) is 0 Å². The molecule has 17 heavy (non-hydrogen) atoms. The van der Waals surface area contributed by atoms with Gasteiger partial charge in [0.05, 0.1) is 10.5 Å². The van der Waals surface area contributed by atoms with E-state index in [4.69, 9.17) is 0 Å². The first-order valence-electron chi connectivity index (χ1n) is 5.49. The molecule has 96 valence electrons. The van der Waals surface area contributed by atoms with Gasteiger partial charge >= 0.3 is 0 Å². The highest BCUT2D eigenvalue weighted by Gasteiger charge is 2.21. The number of rotatable bonds is 6. The maximum Gasteiger partial charge on any atom is 0.261 e. The summed E-state index contributed by atoms with van der Waals surface area (Å²) in [5, 5.41) is 14.7. The van der Waals surface area contributed by atoms with E-state index < -0.39 is 5.60 Å². The summed E-state index contributed by atoms with van der Waals surface area (Å²) < 4.78 is 0. The lowest BCUT2D eigenvalue weighted by Gasteiger charge is -2.23.